The van der Waals surface area contributed by atoms with Gasteiger partial charge in [-0.05, 0) is 0 Å². The molecule has 0 rings (SSSR count). The van der Waals surface area contributed by atoms with Gasteiger partial charge in [-0.2, -0.15) is 61.5 Å². The Kier molecular flexibility index (Phi) is 7.21. The molecular weight excluding hydrogens is 516 g/mol. The number of rotatable bonds is 8. The van der Waals surface area contributed by atoms with Crippen molar-refractivity contribution in [3.8, 4) is 0 Å². The summed E-state index contributed by atoms with van der Waals surface area (Å²) < 4.78 is 253. The molecule has 2 unspecified atom stereocenters. The maximum Gasteiger partial charge on any atom is 0.434 e. The topological polar surface area (TPSA) is 9.23 Å². The van der Waals surface area contributed by atoms with E-state index in [4.69, 9.17) is 0 Å². The summed E-state index contributed by atoms with van der Waals surface area (Å²) in [5.41, 5.74) is -15.7. The lowest BCUT2D eigenvalue weighted by Crippen LogP contribution is -2.72. The van der Waals surface area contributed by atoms with Crippen molar-refractivity contribution in [2.45, 2.75) is 60.6 Å². The van der Waals surface area contributed by atoms with E-state index in [9.17, 15) is 87.8 Å². The van der Waals surface area contributed by atoms with Crippen molar-refractivity contribution in [1.82, 2.24) is 0 Å². The number of alkyl halides is 20. The Morgan fingerprint density at radius 2 is 0.581 bits per heavy atom. The van der Waals surface area contributed by atoms with Crippen molar-refractivity contribution in [2.24, 2.45) is 0 Å². The van der Waals surface area contributed by atoms with E-state index in [0.717, 1.165) is 4.74 Å². The maximum atomic E-state index is 13.1. The van der Waals surface area contributed by atoms with Gasteiger partial charge in [0.15, 0.2) is 0 Å². The first-order chi connectivity index (χ1) is 13.1. The zero-order valence-corrected chi connectivity index (χ0v) is 13.1. The number of halogens is 20. The van der Waals surface area contributed by atoms with Gasteiger partial charge in [-0.25, -0.2) is 31.1 Å². The molecule has 0 aromatic carbocycles. The molecular formula is C10H2F20O. The van der Waals surface area contributed by atoms with Gasteiger partial charge in [-0.1, -0.05) is 0 Å². The van der Waals surface area contributed by atoms with Crippen LogP contribution in [0, 0.1) is 0 Å². The second-order valence-corrected chi connectivity index (χ2v) is 5.30. The summed E-state index contributed by atoms with van der Waals surface area (Å²) >= 11 is 0. The Morgan fingerprint density at radius 3 is 0.710 bits per heavy atom. The van der Waals surface area contributed by atoms with Crippen LogP contribution in [0.1, 0.15) is 0 Å². The molecule has 0 amide bonds. The summed E-state index contributed by atoms with van der Waals surface area (Å²) in [6, 6.07) is 0. The molecule has 0 saturated carbocycles. The van der Waals surface area contributed by atoms with E-state index in [1.54, 1.807) is 0 Å². The second kappa shape index (κ2) is 7.56. The van der Waals surface area contributed by atoms with E-state index in [1.165, 1.54) is 0 Å². The minimum absolute atomic E-state index is 1.02. The molecule has 0 aromatic heterocycles. The van der Waals surface area contributed by atoms with Gasteiger partial charge >= 0.3 is 47.8 Å². The Hall–Kier alpha value is -1.44. The number of hydrogen-bond acceptors (Lipinski definition) is 1. The molecule has 188 valence electrons. The summed E-state index contributed by atoms with van der Waals surface area (Å²) in [4.78, 5) is 0. The molecule has 0 radical (unpaired) electrons. The van der Waals surface area contributed by atoms with Crippen molar-refractivity contribution >= 4 is 0 Å². The van der Waals surface area contributed by atoms with Crippen LogP contribution in [0.4, 0.5) is 87.8 Å². The van der Waals surface area contributed by atoms with Crippen LogP contribution in [0.5, 0.6) is 0 Å². The number of ether oxygens (including phenoxy) is 1. The van der Waals surface area contributed by atoms with E-state index < -0.39 is 60.6 Å². The third kappa shape index (κ3) is 4.05. The fourth-order valence-corrected chi connectivity index (χ4v) is 1.59. The monoisotopic (exact) mass is 518 g/mol. The Balaban J connectivity index is 6.65. The average molecular weight is 518 g/mol. The van der Waals surface area contributed by atoms with E-state index in [0.29, 0.717) is 0 Å². The molecule has 0 aliphatic carbocycles. The predicted molar refractivity (Wildman–Crippen MR) is 52.7 cm³/mol. The fraction of sp³-hybridized carbons (Fsp3) is 1.00. The van der Waals surface area contributed by atoms with Crippen molar-refractivity contribution < 1.29 is 92.5 Å². The molecule has 0 fully saturated rings. The molecule has 1 nitrogen and oxygen atoms in total. The summed E-state index contributed by atoms with van der Waals surface area (Å²) in [7, 11) is 0. The van der Waals surface area contributed by atoms with Crippen LogP contribution in [0.2, 0.25) is 0 Å². The fourth-order valence-electron chi connectivity index (χ4n) is 1.59. The Bertz CT molecular complexity index is 577. The Labute approximate surface area is 154 Å². The van der Waals surface area contributed by atoms with E-state index in [-0.39, 0.29) is 0 Å². The third-order valence-electron chi connectivity index (χ3n) is 3.33. The molecule has 21 heteroatoms. The maximum absolute atomic E-state index is 13.1. The number of hydrogen-bond donors (Lipinski definition) is 0. The zero-order chi connectivity index (χ0) is 25.9. The molecule has 0 aromatic rings. The third-order valence-corrected chi connectivity index (χ3v) is 3.33. The van der Waals surface area contributed by atoms with Crippen LogP contribution in [-0.4, -0.2) is 60.6 Å². The first-order valence-electron chi connectivity index (χ1n) is 6.38. The van der Waals surface area contributed by atoms with Gasteiger partial charge in [0.25, 0.3) is 12.9 Å². The molecule has 0 saturated heterocycles. The summed E-state index contributed by atoms with van der Waals surface area (Å²) in [6.07, 6.45) is -44.6. The molecule has 0 aliphatic rings. The largest absolute Gasteiger partial charge is 0.434 e. The van der Waals surface area contributed by atoms with Gasteiger partial charge < -0.3 is 0 Å². The highest BCUT2D eigenvalue weighted by molar-refractivity contribution is 5.09. The van der Waals surface area contributed by atoms with Gasteiger partial charge in [0.1, 0.15) is 0 Å². The SMILES string of the molecule is FC(F)C(F)(C(F)(F)F)C(F)(F)C(F)(F)OC(F)(F)C(F)(F)C(F)(C(F)F)C(F)(F)F. The predicted octanol–water partition coefficient (Wildman–Crippen LogP) is 6.53. The Morgan fingerprint density at radius 1 is 0.387 bits per heavy atom. The molecule has 31 heavy (non-hydrogen) atoms. The van der Waals surface area contributed by atoms with Crippen molar-refractivity contribution in [2.75, 3.05) is 0 Å². The normalized spacial score (nSPS) is 19.5. The molecule has 2 atom stereocenters. The zero-order valence-electron chi connectivity index (χ0n) is 13.1. The minimum atomic E-state index is -8.33. The van der Waals surface area contributed by atoms with Gasteiger partial charge in [0.2, 0.25) is 0 Å². The highest BCUT2D eigenvalue weighted by Gasteiger charge is 2.90. The second-order valence-electron chi connectivity index (χ2n) is 5.30. The highest BCUT2D eigenvalue weighted by atomic mass is 19.4. The van der Waals surface area contributed by atoms with Crippen LogP contribution < -0.4 is 0 Å². The smallest absolute Gasteiger partial charge is 0.245 e. The van der Waals surface area contributed by atoms with Crippen LogP contribution in [-0.2, 0) is 4.74 Å². The van der Waals surface area contributed by atoms with Crippen LogP contribution in [0.25, 0.3) is 0 Å². The van der Waals surface area contributed by atoms with Gasteiger partial charge in [-0.3, -0.25) is 0 Å². The molecule has 0 bridgehead atoms. The minimum Gasteiger partial charge on any atom is -0.245 e. The molecule has 0 N–H and O–H groups in total. The molecule has 0 heterocycles. The quantitative estimate of drug-likeness (QED) is 0.333. The average Bonchev–Trinajstić information content (AvgIpc) is 2.48. The van der Waals surface area contributed by atoms with E-state index in [2.05, 4.69) is 0 Å². The molecule has 0 spiro atoms. The van der Waals surface area contributed by atoms with Crippen LogP contribution >= 0.6 is 0 Å². The van der Waals surface area contributed by atoms with E-state index >= 15 is 0 Å². The van der Waals surface area contributed by atoms with Crippen molar-refractivity contribution in [1.29, 1.82) is 0 Å². The van der Waals surface area contributed by atoms with Crippen LogP contribution in [0.3, 0.4) is 0 Å². The molecule has 0 aliphatic heterocycles. The summed E-state index contributed by atoms with van der Waals surface area (Å²) in [5.74, 6) is -16.7. The lowest BCUT2D eigenvalue weighted by molar-refractivity contribution is -0.514. The van der Waals surface area contributed by atoms with Crippen molar-refractivity contribution in [3.05, 3.63) is 0 Å². The standard InChI is InChI=1S/C10H2F20O/c11-1(12)3(15,7(21,22)23)5(17,18)9(27,28)31-10(29,30)6(19,20)4(16,2(13)14)8(24,25)26/h1-2H. The van der Waals surface area contributed by atoms with Gasteiger partial charge in [0.05, 0.1) is 0 Å². The first kappa shape index (κ1) is 29.6. The van der Waals surface area contributed by atoms with Gasteiger partial charge in [0, 0.05) is 0 Å². The van der Waals surface area contributed by atoms with Crippen LogP contribution in [0.15, 0.2) is 0 Å². The summed E-state index contributed by atoms with van der Waals surface area (Å²) in [5, 5.41) is 0. The first-order valence-corrected chi connectivity index (χ1v) is 6.38. The van der Waals surface area contributed by atoms with E-state index in [1.807, 2.05) is 0 Å². The lowest BCUT2D eigenvalue weighted by Gasteiger charge is -2.41. The van der Waals surface area contributed by atoms with Crippen molar-refractivity contribution in [3.63, 3.8) is 0 Å². The van der Waals surface area contributed by atoms with Gasteiger partial charge in [-0.15, -0.1) is 0 Å². The highest BCUT2D eigenvalue weighted by Crippen LogP contribution is 2.60. The summed E-state index contributed by atoms with van der Waals surface area (Å²) in [6.45, 7) is 0. The lowest BCUT2D eigenvalue weighted by atomic mass is 9.94.